The zero-order valence-electron chi connectivity index (χ0n) is 13.9. The molecule has 0 aromatic rings. The van der Waals surface area contributed by atoms with E-state index >= 15 is 0 Å². The molecule has 0 fully saturated rings. The Labute approximate surface area is 195 Å². The van der Waals surface area contributed by atoms with Crippen molar-refractivity contribution in [3.05, 3.63) is 0 Å². The Balaban J connectivity index is 6.83. The first kappa shape index (κ1) is 25.0. The van der Waals surface area contributed by atoms with E-state index in [4.69, 9.17) is 0 Å². The lowest BCUT2D eigenvalue weighted by Crippen LogP contribution is -2.93. The van der Waals surface area contributed by atoms with Crippen LogP contribution in [0.2, 0.25) is 58.9 Å². The van der Waals surface area contributed by atoms with Crippen LogP contribution in [-0.4, -0.2) is 31.1 Å². The van der Waals surface area contributed by atoms with Crippen LogP contribution in [0.5, 0.6) is 0 Å². The summed E-state index contributed by atoms with van der Waals surface area (Å²) in [6, 6.07) is 0. The van der Waals surface area contributed by atoms with E-state index in [1.54, 1.807) is 0 Å². The molecule has 0 amide bonds. The first-order valence-electron chi connectivity index (χ1n) is 6.69. The number of hydrogen-bond acceptors (Lipinski definition) is 0. The Morgan fingerprint density at radius 3 is 0.700 bits per heavy atom. The van der Waals surface area contributed by atoms with Crippen molar-refractivity contribution in [1.82, 2.24) is 0 Å². The molecule has 0 rings (SSSR count). The molecule has 122 valence electrons. The molecule has 0 radical (unpaired) electrons. The molecular formula is C9H27I5Si6. The zero-order valence-corrected chi connectivity index (χ0v) is 30.7. The lowest BCUT2D eigenvalue weighted by atomic mass is 11.8. The van der Waals surface area contributed by atoms with Gasteiger partial charge in [-0.05, 0) is 0 Å². The predicted octanol–water partition coefficient (Wildman–Crippen LogP) is 7.40. The summed E-state index contributed by atoms with van der Waals surface area (Å²) in [4.78, 5) is 0. The van der Waals surface area contributed by atoms with Crippen LogP contribution in [0.1, 0.15) is 0 Å². The van der Waals surface area contributed by atoms with Crippen LogP contribution in [0.3, 0.4) is 0 Å². The minimum Gasteiger partial charge on any atom is -0.110 e. The summed E-state index contributed by atoms with van der Waals surface area (Å²) in [5, 5.41) is 0. The van der Waals surface area contributed by atoms with E-state index < -0.39 is 31.1 Å². The molecule has 0 atom stereocenters. The summed E-state index contributed by atoms with van der Waals surface area (Å²) in [5.41, 5.74) is 0. The maximum absolute atomic E-state index is 3.10. The highest BCUT2D eigenvalue weighted by molar-refractivity contribution is 14.4. The van der Waals surface area contributed by atoms with Gasteiger partial charge in [0.1, 0.15) is 0 Å². The topological polar surface area (TPSA) is 0 Å². The molecule has 0 aliphatic carbocycles. The van der Waals surface area contributed by atoms with E-state index in [0.717, 1.165) is 0 Å². The number of hydrogen-bond donors (Lipinski definition) is 0. The quantitative estimate of drug-likeness (QED) is 0.153. The van der Waals surface area contributed by atoms with Crippen molar-refractivity contribution >= 4 is 140 Å². The molecule has 11 heteroatoms. The van der Waals surface area contributed by atoms with Crippen LogP contribution in [0.15, 0.2) is 0 Å². The van der Waals surface area contributed by atoms with E-state index in [2.05, 4.69) is 168 Å². The third-order valence-corrected chi connectivity index (χ3v) is 270. The van der Waals surface area contributed by atoms with Gasteiger partial charge in [-0.25, -0.2) is 0 Å². The largest absolute Gasteiger partial charge is 0.260 e. The first-order valence-corrected chi connectivity index (χ1v) is 43.8. The van der Waals surface area contributed by atoms with Crippen molar-refractivity contribution in [2.24, 2.45) is 0 Å². The van der Waals surface area contributed by atoms with E-state index in [-0.39, 0.29) is 0 Å². The second-order valence-corrected chi connectivity index (χ2v) is 136. The van der Waals surface area contributed by atoms with Gasteiger partial charge in [-0.3, -0.25) is 0 Å². The fourth-order valence-electron chi connectivity index (χ4n) is 5.00. The van der Waals surface area contributed by atoms with Gasteiger partial charge in [-0.15, -0.1) is 43.6 Å². The average molecular weight is 938 g/mol. The van der Waals surface area contributed by atoms with Gasteiger partial charge < -0.3 is 0 Å². The van der Waals surface area contributed by atoms with Crippen LogP contribution in [0.4, 0.5) is 0 Å². The standard InChI is InChI=1S/C9H27I5Si6/c1-15(2,3)20(16(4,5)6,17(7,8)9)19(13,14)18(10,11)12/h1-9H3. The van der Waals surface area contributed by atoms with Crippen LogP contribution in [-0.2, 0) is 0 Å². The van der Waals surface area contributed by atoms with Crippen molar-refractivity contribution in [2.75, 3.05) is 0 Å². The van der Waals surface area contributed by atoms with Crippen molar-refractivity contribution in [1.29, 1.82) is 0 Å². The monoisotopic (exact) mass is 938 g/mol. The number of halogens is 5. The summed E-state index contributed by atoms with van der Waals surface area (Å²) in [6.45, 7) is 24.7. The fraction of sp³-hybridized carbons (Fsp3) is 1.00. The van der Waals surface area contributed by atoms with Crippen LogP contribution >= 0.6 is 109 Å². The fourth-order valence-corrected chi connectivity index (χ4v) is 406. The minimum atomic E-state index is -1.23. The molecule has 20 heavy (non-hydrogen) atoms. The summed E-state index contributed by atoms with van der Waals surface area (Å²) in [6.07, 6.45) is -1.20. The summed E-state index contributed by atoms with van der Waals surface area (Å²) in [7, 11) is -3.37. The highest BCUT2D eigenvalue weighted by Crippen LogP contribution is 2.57. The van der Waals surface area contributed by atoms with Gasteiger partial charge in [0.25, 0.3) is 0.0813 Å². The van der Waals surface area contributed by atoms with Crippen LogP contribution in [0.25, 0.3) is 0 Å². The molecule has 0 aromatic heterocycles. The molecule has 0 heterocycles. The molecule has 0 spiro atoms. The van der Waals surface area contributed by atoms with E-state index in [9.17, 15) is 0 Å². The average Bonchev–Trinajstić information content (AvgIpc) is 1.89. The normalized spacial score (nSPS) is 16.5. The molecule has 0 N–H and O–H groups in total. The molecule has 0 saturated heterocycles. The SMILES string of the molecule is C[Si](C)(C)[Si]([Si](C)(C)C)([Si](C)(C)C)[Si](I)(I)[Si](I)(I)I. The van der Waals surface area contributed by atoms with E-state index in [1.807, 2.05) is 0 Å². The Kier molecular flexibility index (Phi) is 9.39. The minimum absolute atomic E-state index is 1.12. The molecular weight excluding hydrogens is 911 g/mol. The zero-order chi connectivity index (χ0) is 17.0. The maximum atomic E-state index is 3.10. The van der Waals surface area contributed by atoms with Gasteiger partial charge in [0, 0.05) is 22.8 Å². The van der Waals surface area contributed by atoms with Crippen molar-refractivity contribution in [3.8, 4) is 0 Å². The number of rotatable bonds is 5. The Morgan fingerprint density at radius 2 is 0.650 bits per heavy atom. The molecule has 0 aliphatic heterocycles. The molecule has 0 unspecified atom stereocenters. The van der Waals surface area contributed by atoms with Gasteiger partial charge >= 0.3 is 0 Å². The molecule has 0 saturated carbocycles. The van der Waals surface area contributed by atoms with Crippen molar-refractivity contribution in [3.63, 3.8) is 0 Å². The van der Waals surface area contributed by atoms with Gasteiger partial charge in [0.15, 0.2) is 0 Å². The van der Waals surface area contributed by atoms with Crippen LogP contribution < -0.4 is 0 Å². The predicted molar refractivity (Wildman–Crippen MR) is 157 cm³/mol. The lowest BCUT2D eigenvalue weighted by Gasteiger charge is -2.63. The van der Waals surface area contributed by atoms with Crippen molar-refractivity contribution < 1.29 is 0 Å². The molecule has 0 aliphatic rings. The van der Waals surface area contributed by atoms with Gasteiger partial charge in [0.2, 0.25) is 2.10 Å². The second-order valence-electron chi connectivity index (χ2n) is 8.57. The summed E-state index contributed by atoms with van der Waals surface area (Å²) < 4.78 is -2.39. The highest BCUT2D eigenvalue weighted by Gasteiger charge is 2.76. The van der Waals surface area contributed by atoms with Gasteiger partial charge in [-0.2, -0.15) is 0 Å². The molecule has 0 aromatic carbocycles. The first-order chi connectivity index (χ1) is 8.25. The van der Waals surface area contributed by atoms with Crippen molar-refractivity contribution in [2.45, 2.75) is 58.9 Å². The Morgan fingerprint density at radius 1 is 0.450 bits per heavy atom. The smallest absolute Gasteiger partial charge is 0.110 e. The third-order valence-electron chi connectivity index (χ3n) is 4.20. The van der Waals surface area contributed by atoms with Gasteiger partial charge in [-0.1, -0.05) is 124 Å². The van der Waals surface area contributed by atoms with Crippen LogP contribution in [0, 0.1) is 0 Å². The second kappa shape index (κ2) is 7.52. The van der Waals surface area contributed by atoms with Gasteiger partial charge in [0.05, 0.1) is 6.14 Å². The summed E-state index contributed by atoms with van der Waals surface area (Å²) in [5.74, 6) is 0. The van der Waals surface area contributed by atoms with E-state index in [1.165, 1.54) is 0 Å². The van der Waals surface area contributed by atoms with E-state index in [0.29, 0.717) is 0 Å². The lowest BCUT2D eigenvalue weighted by molar-refractivity contribution is 1.76. The Hall–Kier alpha value is 4.95. The third kappa shape index (κ3) is 4.43. The Bertz CT molecular complexity index is 323. The molecule has 0 nitrogen and oxygen atoms in total. The molecule has 0 bridgehead atoms. The summed E-state index contributed by atoms with van der Waals surface area (Å²) >= 11 is 15.0. The highest BCUT2D eigenvalue weighted by atomic mass is 127. The maximum Gasteiger partial charge on any atom is 0.260 e.